The minimum absolute atomic E-state index is 0.196. The van der Waals surface area contributed by atoms with Crippen LogP contribution in [0.2, 0.25) is 0 Å². The van der Waals surface area contributed by atoms with E-state index in [0.29, 0.717) is 18.2 Å². The number of ether oxygens (including phenoxy) is 1. The molecular weight excluding hydrogens is 244 g/mol. The number of hydrogen-bond acceptors (Lipinski definition) is 5. The van der Waals surface area contributed by atoms with E-state index in [1.54, 1.807) is 6.07 Å². The van der Waals surface area contributed by atoms with Crippen molar-refractivity contribution in [3.8, 4) is 0 Å². The van der Waals surface area contributed by atoms with Crippen molar-refractivity contribution in [3.05, 3.63) is 17.9 Å². The second-order valence-electron chi connectivity index (χ2n) is 4.13. The first-order chi connectivity index (χ1) is 8.05. The first-order valence-electron chi connectivity index (χ1n) is 5.45. The number of primary sulfonamides is 1. The molecule has 1 aliphatic heterocycles. The standard InChI is InChI=1S/C10H16N2O4S/c11-17(13,14)10-2-1-9(16-10)6-12-5-8-3-4-15-7-8/h1-2,8,12H,3-7H2,(H2,11,13,14). The Balaban J connectivity index is 1.81. The molecule has 96 valence electrons. The molecule has 0 spiro atoms. The maximum absolute atomic E-state index is 11.0. The molecular formula is C10H16N2O4S. The summed E-state index contributed by atoms with van der Waals surface area (Å²) in [5.41, 5.74) is 0. The number of rotatable bonds is 5. The van der Waals surface area contributed by atoms with E-state index in [1.165, 1.54) is 6.07 Å². The highest BCUT2D eigenvalue weighted by molar-refractivity contribution is 7.89. The van der Waals surface area contributed by atoms with Gasteiger partial charge in [-0.15, -0.1) is 0 Å². The Bertz CT molecular complexity index is 462. The fourth-order valence-corrected chi connectivity index (χ4v) is 2.23. The summed E-state index contributed by atoms with van der Waals surface area (Å²) in [6, 6.07) is 2.98. The molecule has 0 radical (unpaired) electrons. The lowest BCUT2D eigenvalue weighted by Crippen LogP contribution is -2.22. The summed E-state index contributed by atoms with van der Waals surface area (Å²) in [6.45, 7) is 2.94. The lowest BCUT2D eigenvalue weighted by atomic mass is 10.1. The Morgan fingerprint density at radius 3 is 2.88 bits per heavy atom. The molecule has 1 saturated heterocycles. The van der Waals surface area contributed by atoms with Gasteiger partial charge in [0.05, 0.1) is 13.2 Å². The van der Waals surface area contributed by atoms with Crippen LogP contribution in [0.5, 0.6) is 0 Å². The van der Waals surface area contributed by atoms with Crippen molar-refractivity contribution in [2.45, 2.75) is 18.1 Å². The number of nitrogens with one attached hydrogen (secondary N) is 1. The molecule has 7 heteroatoms. The van der Waals surface area contributed by atoms with Gasteiger partial charge in [-0.25, -0.2) is 13.6 Å². The van der Waals surface area contributed by atoms with Crippen LogP contribution >= 0.6 is 0 Å². The van der Waals surface area contributed by atoms with E-state index in [2.05, 4.69) is 5.32 Å². The van der Waals surface area contributed by atoms with Gasteiger partial charge in [0.1, 0.15) is 5.76 Å². The number of nitrogens with two attached hydrogens (primary N) is 1. The van der Waals surface area contributed by atoms with Crippen molar-refractivity contribution >= 4 is 10.0 Å². The Morgan fingerprint density at radius 2 is 2.29 bits per heavy atom. The molecule has 2 heterocycles. The van der Waals surface area contributed by atoms with Crippen molar-refractivity contribution in [3.63, 3.8) is 0 Å². The van der Waals surface area contributed by atoms with E-state index in [4.69, 9.17) is 14.3 Å². The molecule has 0 saturated carbocycles. The van der Waals surface area contributed by atoms with Crippen LogP contribution in [0.1, 0.15) is 12.2 Å². The van der Waals surface area contributed by atoms with Gasteiger partial charge in [0.25, 0.3) is 10.0 Å². The van der Waals surface area contributed by atoms with Crippen LogP contribution in [0.15, 0.2) is 21.6 Å². The molecule has 1 aliphatic rings. The summed E-state index contributed by atoms with van der Waals surface area (Å²) < 4.78 is 32.3. The third-order valence-electron chi connectivity index (χ3n) is 2.67. The lowest BCUT2D eigenvalue weighted by molar-refractivity contribution is 0.185. The van der Waals surface area contributed by atoms with Crippen molar-refractivity contribution < 1.29 is 17.6 Å². The molecule has 0 aromatic carbocycles. The normalized spacial score (nSPS) is 20.9. The van der Waals surface area contributed by atoms with Crippen LogP contribution in [0.4, 0.5) is 0 Å². The minimum Gasteiger partial charge on any atom is -0.447 e. The molecule has 1 aromatic heterocycles. The van der Waals surface area contributed by atoms with Gasteiger partial charge in [0.15, 0.2) is 0 Å². The summed E-state index contributed by atoms with van der Waals surface area (Å²) in [5.74, 6) is 1.09. The highest BCUT2D eigenvalue weighted by Gasteiger charge is 2.16. The second-order valence-corrected chi connectivity index (χ2v) is 5.62. The molecule has 3 N–H and O–H groups in total. The van der Waals surface area contributed by atoms with E-state index < -0.39 is 10.0 Å². The zero-order chi connectivity index (χ0) is 12.3. The average Bonchev–Trinajstić information content (AvgIpc) is 2.86. The molecule has 17 heavy (non-hydrogen) atoms. The third-order valence-corrected chi connectivity index (χ3v) is 3.45. The summed E-state index contributed by atoms with van der Waals surface area (Å²) >= 11 is 0. The van der Waals surface area contributed by atoms with Crippen molar-refractivity contribution in [1.82, 2.24) is 5.32 Å². The maximum Gasteiger partial charge on any atom is 0.271 e. The van der Waals surface area contributed by atoms with E-state index >= 15 is 0 Å². The van der Waals surface area contributed by atoms with E-state index in [-0.39, 0.29) is 5.09 Å². The molecule has 2 rings (SSSR count). The molecule has 1 aromatic rings. The van der Waals surface area contributed by atoms with E-state index in [1.807, 2.05) is 0 Å². The van der Waals surface area contributed by atoms with Gasteiger partial charge in [0, 0.05) is 13.2 Å². The smallest absolute Gasteiger partial charge is 0.271 e. The quantitative estimate of drug-likeness (QED) is 0.780. The van der Waals surface area contributed by atoms with E-state index in [9.17, 15) is 8.42 Å². The average molecular weight is 260 g/mol. The van der Waals surface area contributed by atoms with Gasteiger partial charge in [-0.2, -0.15) is 0 Å². The SMILES string of the molecule is NS(=O)(=O)c1ccc(CNCC2CCOC2)o1. The molecule has 1 fully saturated rings. The van der Waals surface area contributed by atoms with Gasteiger partial charge in [-0.1, -0.05) is 0 Å². The summed E-state index contributed by atoms with van der Waals surface area (Å²) in [5, 5.41) is 7.94. The Labute approximate surface area is 100 Å². The first-order valence-corrected chi connectivity index (χ1v) is 7.00. The van der Waals surface area contributed by atoms with E-state index in [0.717, 1.165) is 26.2 Å². The number of sulfonamides is 1. The predicted molar refractivity (Wildman–Crippen MR) is 60.7 cm³/mol. The predicted octanol–water partition coefficient (Wildman–Crippen LogP) is 0.0531. The van der Waals surface area contributed by atoms with Gasteiger partial charge in [-0.3, -0.25) is 0 Å². The van der Waals surface area contributed by atoms with Gasteiger partial charge >= 0.3 is 0 Å². The molecule has 0 amide bonds. The van der Waals surface area contributed by atoms with Crippen LogP contribution < -0.4 is 10.5 Å². The fourth-order valence-electron chi connectivity index (χ4n) is 1.75. The summed E-state index contributed by atoms with van der Waals surface area (Å²) in [6.07, 6.45) is 1.06. The topological polar surface area (TPSA) is 94.6 Å². The zero-order valence-electron chi connectivity index (χ0n) is 9.39. The molecule has 0 aliphatic carbocycles. The van der Waals surface area contributed by atoms with Crippen molar-refractivity contribution in [2.75, 3.05) is 19.8 Å². The largest absolute Gasteiger partial charge is 0.447 e. The van der Waals surface area contributed by atoms with Crippen LogP contribution in [0, 0.1) is 5.92 Å². The van der Waals surface area contributed by atoms with Crippen LogP contribution in [-0.2, 0) is 21.3 Å². The highest BCUT2D eigenvalue weighted by Crippen LogP contribution is 2.13. The molecule has 0 bridgehead atoms. The molecule has 1 atom stereocenters. The number of hydrogen-bond donors (Lipinski definition) is 2. The van der Waals surface area contributed by atoms with Crippen molar-refractivity contribution in [2.24, 2.45) is 11.1 Å². The second kappa shape index (κ2) is 5.18. The van der Waals surface area contributed by atoms with Crippen LogP contribution in [0.3, 0.4) is 0 Å². The molecule has 1 unspecified atom stereocenters. The Kier molecular flexibility index (Phi) is 3.82. The third kappa shape index (κ3) is 3.53. The maximum atomic E-state index is 11.0. The first kappa shape index (κ1) is 12.6. The lowest BCUT2D eigenvalue weighted by Gasteiger charge is -2.07. The number of furan rings is 1. The van der Waals surface area contributed by atoms with Gasteiger partial charge in [-0.05, 0) is 24.5 Å². The van der Waals surface area contributed by atoms with Crippen LogP contribution in [-0.4, -0.2) is 28.2 Å². The Morgan fingerprint density at radius 1 is 1.47 bits per heavy atom. The van der Waals surface area contributed by atoms with Gasteiger partial charge < -0.3 is 14.5 Å². The van der Waals surface area contributed by atoms with Crippen molar-refractivity contribution in [1.29, 1.82) is 0 Å². The fraction of sp³-hybridized carbons (Fsp3) is 0.600. The van der Waals surface area contributed by atoms with Gasteiger partial charge in [0.2, 0.25) is 5.09 Å². The summed E-state index contributed by atoms with van der Waals surface area (Å²) in [7, 11) is -3.74. The minimum atomic E-state index is -3.74. The summed E-state index contributed by atoms with van der Waals surface area (Å²) in [4.78, 5) is 0. The zero-order valence-corrected chi connectivity index (χ0v) is 10.2. The highest BCUT2D eigenvalue weighted by atomic mass is 32.2. The monoisotopic (exact) mass is 260 g/mol. The van der Waals surface area contributed by atoms with Crippen LogP contribution in [0.25, 0.3) is 0 Å². The Hall–Kier alpha value is -0.890. The molecule has 6 nitrogen and oxygen atoms in total.